The summed E-state index contributed by atoms with van der Waals surface area (Å²) in [5.74, 6) is 3.87. The predicted molar refractivity (Wildman–Crippen MR) is 83.8 cm³/mol. The van der Waals surface area contributed by atoms with Gasteiger partial charge in [-0.2, -0.15) is 4.98 Å². The predicted octanol–water partition coefficient (Wildman–Crippen LogP) is 3.45. The lowest BCUT2D eigenvalue weighted by Crippen LogP contribution is -2.25. The lowest BCUT2D eigenvalue weighted by atomic mass is 10.2. The molecule has 0 amide bonds. The molecule has 3 heterocycles. The van der Waals surface area contributed by atoms with Gasteiger partial charge in [0.25, 0.3) is 0 Å². The summed E-state index contributed by atoms with van der Waals surface area (Å²) in [6.45, 7) is 9.29. The molecule has 6 nitrogen and oxygen atoms in total. The maximum atomic E-state index is 5.36. The Morgan fingerprint density at radius 1 is 1.18 bits per heavy atom. The second-order valence-corrected chi connectivity index (χ2v) is 6.42. The summed E-state index contributed by atoms with van der Waals surface area (Å²) in [5.41, 5.74) is 0. The summed E-state index contributed by atoms with van der Waals surface area (Å²) in [6, 6.07) is 2.11. The van der Waals surface area contributed by atoms with E-state index in [1.165, 1.54) is 0 Å². The molecule has 6 heteroatoms. The summed E-state index contributed by atoms with van der Waals surface area (Å²) in [4.78, 5) is 15.9. The quantitative estimate of drug-likeness (QED) is 0.861. The van der Waals surface area contributed by atoms with Crippen LogP contribution in [0.2, 0.25) is 0 Å². The Labute approximate surface area is 131 Å². The number of hydrogen-bond donors (Lipinski definition) is 0. The minimum Gasteiger partial charge on any atom is -0.346 e. The SMILES string of the molecule is CC(C)c1nccc(N2CCCC2c2noc(C(C)C)n2)n1. The van der Waals surface area contributed by atoms with Crippen molar-refractivity contribution < 1.29 is 4.52 Å². The van der Waals surface area contributed by atoms with Crippen LogP contribution < -0.4 is 4.90 Å². The van der Waals surface area contributed by atoms with Gasteiger partial charge in [0.1, 0.15) is 11.6 Å². The summed E-state index contributed by atoms with van der Waals surface area (Å²) in [6.07, 6.45) is 3.97. The zero-order valence-electron chi connectivity index (χ0n) is 13.7. The molecule has 0 N–H and O–H groups in total. The summed E-state index contributed by atoms with van der Waals surface area (Å²) in [7, 11) is 0. The molecule has 1 atom stereocenters. The number of aromatic nitrogens is 4. The molecule has 3 rings (SSSR count). The second-order valence-electron chi connectivity index (χ2n) is 6.42. The van der Waals surface area contributed by atoms with Crippen LogP contribution in [0, 0.1) is 0 Å². The van der Waals surface area contributed by atoms with Gasteiger partial charge in [0.05, 0.1) is 6.04 Å². The third-order valence-corrected chi connectivity index (χ3v) is 3.97. The van der Waals surface area contributed by atoms with Gasteiger partial charge in [0, 0.05) is 24.6 Å². The van der Waals surface area contributed by atoms with Crippen LogP contribution in [0.4, 0.5) is 5.82 Å². The first-order valence-electron chi connectivity index (χ1n) is 7.99. The molecule has 22 heavy (non-hydrogen) atoms. The molecule has 0 bridgehead atoms. The molecule has 1 unspecified atom stereocenters. The van der Waals surface area contributed by atoms with E-state index in [-0.39, 0.29) is 12.0 Å². The van der Waals surface area contributed by atoms with E-state index in [2.05, 4.69) is 47.7 Å². The van der Waals surface area contributed by atoms with Crippen molar-refractivity contribution in [3.63, 3.8) is 0 Å². The molecule has 1 saturated heterocycles. The van der Waals surface area contributed by atoms with E-state index in [0.29, 0.717) is 11.8 Å². The summed E-state index contributed by atoms with van der Waals surface area (Å²) >= 11 is 0. The molecule has 0 aliphatic carbocycles. The minimum absolute atomic E-state index is 0.145. The summed E-state index contributed by atoms with van der Waals surface area (Å²) < 4.78 is 5.36. The third kappa shape index (κ3) is 2.82. The monoisotopic (exact) mass is 301 g/mol. The van der Waals surface area contributed by atoms with Crippen LogP contribution >= 0.6 is 0 Å². The average Bonchev–Trinajstić information content (AvgIpc) is 3.16. The van der Waals surface area contributed by atoms with Crippen molar-refractivity contribution in [2.24, 2.45) is 0 Å². The number of anilines is 1. The van der Waals surface area contributed by atoms with E-state index in [0.717, 1.165) is 36.9 Å². The lowest BCUT2D eigenvalue weighted by molar-refractivity contribution is 0.358. The van der Waals surface area contributed by atoms with Gasteiger partial charge in [-0.25, -0.2) is 9.97 Å². The van der Waals surface area contributed by atoms with Crippen LogP contribution in [0.3, 0.4) is 0 Å². The van der Waals surface area contributed by atoms with E-state index >= 15 is 0 Å². The zero-order chi connectivity index (χ0) is 15.7. The van der Waals surface area contributed by atoms with Crippen molar-refractivity contribution in [1.29, 1.82) is 0 Å². The first kappa shape index (κ1) is 14.9. The van der Waals surface area contributed by atoms with Crippen molar-refractivity contribution in [3.8, 4) is 0 Å². The van der Waals surface area contributed by atoms with Gasteiger partial charge in [-0.3, -0.25) is 0 Å². The van der Waals surface area contributed by atoms with Crippen LogP contribution in [-0.2, 0) is 0 Å². The van der Waals surface area contributed by atoms with Gasteiger partial charge < -0.3 is 9.42 Å². The Bertz CT molecular complexity index is 637. The van der Waals surface area contributed by atoms with E-state index in [9.17, 15) is 0 Å². The fraction of sp³-hybridized carbons (Fsp3) is 0.625. The van der Waals surface area contributed by atoms with E-state index in [4.69, 9.17) is 9.51 Å². The van der Waals surface area contributed by atoms with E-state index in [1.54, 1.807) is 0 Å². The van der Waals surface area contributed by atoms with Gasteiger partial charge in [0.2, 0.25) is 5.89 Å². The van der Waals surface area contributed by atoms with Crippen LogP contribution in [0.5, 0.6) is 0 Å². The molecule has 2 aromatic rings. The normalized spacial score (nSPS) is 18.6. The van der Waals surface area contributed by atoms with Crippen molar-refractivity contribution in [2.75, 3.05) is 11.4 Å². The van der Waals surface area contributed by atoms with Crippen molar-refractivity contribution in [1.82, 2.24) is 20.1 Å². The standard InChI is InChI=1S/C16H23N5O/c1-10(2)14-17-8-7-13(18-14)21-9-5-6-12(21)15-19-16(11(3)4)22-20-15/h7-8,10-12H,5-6,9H2,1-4H3. The molecule has 0 saturated carbocycles. The van der Waals surface area contributed by atoms with Gasteiger partial charge >= 0.3 is 0 Å². The van der Waals surface area contributed by atoms with Crippen molar-refractivity contribution in [3.05, 3.63) is 29.8 Å². The highest BCUT2D eigenvalue weighted by atomic mass is 16.5. The molecule has 0 aromatic carbocycles. The maximum absolute atomic E-state index is 5.36. The third-order valence-electron chi connectivity index (χ3n) is 3.97. The number of rotatable bonds is 4. The Kier molecular flexibility index (Phi) is 4.09. The molecular formula is C16H23N5O. The molecule has 2 aromatic heterocycles. The largest absolute Gasteiger partial charge is 0.346 e. The average molecular weight is 301 g/mol. The van der Waals surface area contributed by atoms with Crippen molar-refractivity contribution in [2.45, 2.75) is 58.4 Å². The fourth-order valence-corrected chi connectivity index (χ4v) is 2.73. The van der Waals surface area contributed by atoms with Crippen LogP contribution in [0.1, 0.15) is 76.0 Å². The molecule has 1 fully saturated rings. The van der Waals surface area contributed by atoms with Crippen LogP contribution in [0.15, 0.2) is 16.8 Å². The molecule has 1 aliphatic rings. The van der Waals surface area contributed by atoms with Gasteiger partial charge in [-0.1, -0.05) is 32.9 Å². The Morgan fingerprint density at radius 3 is 2.68 bits per heavy atom. The molecule has 0 radical (unpaired) electrons. The number of nitrogens with zero attached hydrogens (tertiary/aromatic N) is 5. The highest BCUT2D eigenvalue weighted by Gasteiger charge is 2.31. The van der Waals surface area contributed by atoms with Crippen LogP contribution in [0.25, 0.3) is 0 Å². The summed E-state index contributed by atoms with van der Waals surface area (Å²) in [5, 5.41) is 4.18. The molecule has 0 spiro atoms. The first-order chi connectivity index (χ1) is 10.6. The van der Waals surface area contributed by atoms with Crippen LogP contribution in [-0.4, -0.2) is 26.7 Å². The van der Waals surface area contributed by atoms with Gasteiger partial charge in [-0.05, 0) is 18.9 Å². The van der Waals surface area contributed by atoms with Gasteiger partial charge in [-0.15, -0.1) is 0 Å². The second kappa shape index (κ2) is 6.02. The Morgan fingerprint density at radius 2 is 2.00 bits per heavy atom. The smallest absolute Gasteiger partial charge is 0.229 e. The molecule has 118 valence electrons. The van der Waals surface area contributed by atoms with Crippen molar-refractivity contribution >= 4 is 5.82 Å². The molecule has 1 aliphatic heterocycles. The Hall–Kier alpha value is -1.98. The highest BCUT2D eigenvalue weighted by molar-refractivity contribution is 5.41. The topological polar surface area (TPSA) is 67.9 Å². The zero-order valence-corrected chi connectivity index (χ0v) is 13.7. The van der Waals surface area contributed by atoms with Gasteiger partial charge in [0.15, 0.2) is 5.82 Å². The number of hydrogen-bond acceptors (Lipinski definition) is 6. The highest BCUT2D eigenvalue weighted by Crippen LogP contribution is 2.34. The lowest BCUT2D eigenvalue weighted by Gasteiger charge is -2.23. The van der Waals surface area contributed by atoms with E-state index < -0.39 is 0 Å². The molecular weight excluding hydrogens is 278 g/mol. The Balaban J connectivity index is 1.87. The van der Waals surface area contributed by atoms with E-state index in [1.807, 2.05) is 12.3 Å². The minimum atomic E-state index is 0.145. The fourth-order valence-electron chi connectivity index (χ4n) is 2.73. The first-order valence-corrected chi connectivity index (χ1v) is 7.99. The maximum Gasteiger partial charge on any atom is 0.229 e.